The van der Waals surface area contributed by atoms with Crippen LogP contribution in [0.5, 0.6) is 0 Å². The molecule has 18 heavy (non-hydrogen) atoms. The number of nitrogens with zero attached hydrogens (tertiary/aromatic N) is 2. The molecule has 0 saturated carbocycles. The van der Waals surface area contributed by atoms with Gasteiger partial charge in [-0.1, -0.05) is 13.8 Å². The number of benzene rings is 1. The molecule has 3 rings (SSSR count). The fourth-order valence-corrected chi connectivity index (χ4v) is 2.84. The average molecular weight is 263 g/mol. The van der Waals surface area contributed by atoms with Crippen LogP contribution in [0.2, 0.25) is 0 Å². The SMILES string of the molecule is CC.Nc1ccnc2ccc3c(c12)C=NS3(=O)=O. The van der Waals surface area contributed by atoms with E-state index in [1.165, 1.54) is 12.3 Å². The van der Waals surface area contributed by atoms with E-state index < -0.39 is 10.0 Å². The van der Waals surface area contributed by atoms with Crippen LogP contribution in [0.15, 0.2) is 33.7 Å². The Morgan fingerprint density at radius 2 is 1.89 bits per heavy atom. The summed E-state index contributed by atoms with van der Waals surface area (Å²) in [4.78, 5) is 4.32. The number of aromatic nitrogens is 1. The second-order valence-electron chi connectivity index (χ2n) is 3.48. The maximum Gasteiger partial charge on any atom is 0.282 e. The Kier molecular flexibility index (Phi) is 3.04. The van der Waals surface area contributed by atoms with Gasteiger partial charge in [0.25, 0.3) is 10.0 Å². The molecular formula is C12H13N3O2S. The maximum atomic E-state index is 11.5. The molecule has 6 heteroatoms. The zero-order chi connectivity index (χ0) is 13.3. The molecule has 0 atom stereocenters. The number of fused-ring (bicyclic) bond motifs is 3. The molecule has 0 radical (unpaired) electrons. The van der Waals surface area contributed by atoms with Crippen LogP contribution in [0.1, 0.15) is 19.4 Å². The van der Waals surface area contributed by atoms with Gasteiger partial charge in [-0.3, -0.25) is 4.98 Å². The van der Waals surface area contributed by atoms with Gasteiger partial charge >= 0.3 is 0 Å². The minimum atomic E-state index is -3.53. The Morgan fingerprint density at radius 1 is 1.17 bits per heavy atom. The van der Waals surface area contributed by atoms with Crippen LogP contribution in [-0.2, 0) is 10.0 Å². The van der Waals surface area contributed by atoms with Crippen molar-refractivity contribution in [1.29, 1.82) is 0 Å². The monoisotopic (exact) mass is 263 g/mol. The molecule has 0 unspecified atom stereocenters. The molecule has 94 valence electrons. The fourth-order valence-electron chi connectivity index (χ4n) is 1.81. The van der Waals surface area contributed by atoms with Crippen LogP contribution in [0.3, 0.4) is 0 Å². The number of anilines is 1. The lowest BCUT2D eigenvalue weighted by atomic mass is 10.1. The number of nitrogen functional groups attached to an aromatic ring is 1. The highest BCUT2D eigenvalue weighted by molar-refractivity contribution is 7.90. The van der Waals surface area contributed by atoms with Gasteiger partial charge in [-0.15, -0.1) is 0 Å². The van der Waals surface area contributed by atoms with Crippen molar-refractivity contribution >= 4 is 32.8 Å². The summed E-state index contributed by atoms with van der Waals surface area (Å²) in [6, 6.07) is 4.78. The fraction of sp³-hybridized carbons (Fsp3) is 0.167. The van der Waals surface area contributed by atoms with Gasteiger partial charge in [-0.25, -0.2) is 0 Å². The largest absolute Gasteiger partial charge is 0.398 e. The van der Waals surface area contributed by atoms with Gasteiger partial charge in [0.15, 0.2) is 0 Å². The van der Waals surface area contributed by atoms with Crippen molar-refractivity contribution in [2.45, 2.75) is 18.7 Å². The summed E-state index contributed by atoms with van der Waals surface area (Å²) in [6.45, 7) is 4.00. The highest BCUT2D eigenvalue weighted by atomic mass is 32.2. The molecule has 1 aromatic carbocycles. The first-order valence-electron chi connectivity index (χ1n) is 5.57. The number of rotatable bonds is 0. The number of pyridine rings is 1. The third-order valence-corrected chi connectivity index (χ3v) is 3.83. The first-order valence-corrected chi connectivity index (χ1v) is 7.01. The summed E-state index contributed by atoms with van der Waals surface area (Å²) < 4.78 is 26.6. The van der Waals surface area contributed by atoms with E-state index >= 15 is 0 Å². The van der Waals surface area contributed by atoms with Crippen molar-refractivity contribution in [3.63, 3.8) is 0 Å². The summed E-state index contributed by atoms with van der Waals surface area (Å²) >= 11 is 0. The van der Waals surface area contributed by atoms with Crippen LogP contribution < -0.4 is 5.73 Å². The molecule has 2 N–H and O–H groups in total. The average Bonchev–Trinajstić information content (AvgIpc) is 2.68. The smallest absolute Gasteiger partial charge is 0.282 e. The Labute approximate surface area is 105 Å². The van der Waals surface area contributed by atoms with Gasteiger partial charge in [0.05, 0.1) is 10.4 Å². The molecule has 2 aromatic rings. The molecule has 0 bridgehead atoms. The van der Waals surface area contributed by atoms with E-state index in [4.69, 9.17) is 5.73 Å². The van der Waals surface area contributed by atoms with Gasteiger partial charge in [0.1, 0.15) is 0 Å². The van der Waals surface area contributed by atoms with E-state index in [2.05, 4.69) is 9.38 Å². The lowest BCUT2D eigenvalue weighted by Crippen LogP contribution is -1.97. The predicted molar refractivity (Wildman–Crippen MR) is 72.3 cm³/mol. The van der Waals surface area contributed by atoms with E-state index in [0.29, 0.717) is 22.2 Å². The molecule has 0 fully saturated rings. The summed E-state index contributed by atoms with van der Waals surface area (Å²) in [5.74, 6) is 0. The molecule has 0 spiro atoms. The Hall–Kier alpha value is -1.95. The molecule has 1 aliphatic rings. The number of nitrogens with two attached hydrogens (primary N) is 1. The van der Waals surface area contributed by atoms with Crippen molar-refractivity contribution in [2.24, 2.45) is 4.40 Å². The minimum Gasteiger partial charge on any atom is -0.398 e. The maximum absolute atomic E-state index is 11.5. The highest BCUT2D eigenvalue weighted by Gasteiger charge is 2.24. The second-order valence-corrected chi connectivity index (χ2v) is 5.08. The van der Waals surface area contributed by atoms with Crippen LogP contribution >= 0.6 is 0 Å². The van der Waals surface area contributed by atoms with Crippen molar-refractivity contribution in [2.75, 3.05) is 5.73 Å². The summed E-state index contributed by atoms with van der Waals surface area (Å²) in [6.07, 6.45) is 2.91. The standard InChI is InChI=1S/C10H7N3O2S.C2H6/c11-7-3-4-12-8-1-2-9-6(10(7)8)5-13-16(9,14)15;1-2/h1-5H,(H2,11,12);1-2H3. The first-order chi connectivity index (χ1) is 8.59. The molecule has 0 amide bonds. The third-order valence-electron chi connectivity index (χ3n) is 2.54. The highest BCUT2D eigenvalue weighted by Crippen LogP contribution is 2.31. The van der Waals surface area contributed by atoms with Crippen LogP contribution in [0.25, 0.3) is 10.9 Å². The molecular weight excluding hydrogens is 250 g/mol. The van der Waals surface area contributed by atoms with Crippen molar-refractivity contribution in [3.8, 4) is 0 Å². The zero-order valence-corrected chi connectivity index (χ0v) is 10.9. The van der Waals surface area contributed by atoms with E-state index in [1.54, 1.807) is 18.3 Å². The molecule has 2 heterocycles. The van der Waals surface area contributed by atoms with Crippen molar-refractivity contribution in [3.05, 3.63) is 30.0 Å². The van der Waals surface area contributed by atoms with Gasteiger partial charge in [-0.2, -0.15) is 12.8 Å². The van der Waals surface area contributed by atoms with E-state index in [0.717, 1.165) is 0 Å². The summed E-state index contributed by atoms with van der Waals surface area (Å²) in [5.41, 5.74) is 7.53. The Balaban J connectivity index is 0.000000574. The molecule has 5 nitrogen and oxygen atoms in total. The number of hydrogen-bond acceptors (Lipinski definition) is 4. The quantitative estimate of drug-likeness (QED) is 0.787. The van der Waals surface area contributed by atoms with Crippen LogP contribution in [0, 0.1) is 0 Å². The topological polar surface area (TPSA) is 85.4 Å². The van der Waals surface area contributed by atoms with Crippen molar-refractivity contribution < 1.29 is 8.42 Å². The molecule has 0 saturated heterocycles. The lowest BCUT2D eigenvalue weighted by Gasteiger charge is -2.04. The number of hydrogen-bond donors (Lipinski definition) is 1. The third kappa shape index (κ3) is 1.74. The lowest BCUT2D eigenvalue weighted by molar-refractivity contribution is 0.599. The minimum absolute atomic E-state index is 0.194. The Morgan fingerprint density at radius 3 is 2.61 bits per heavy atom. The van der Waals surface area contributed by atoms with E-state index in [1.807, 2.05) is 13.8 Å². The second kappa shape index (κ2) is 4.38. The molecule has 1 aliphatic heterocycles. The van der Waals surface area contributed by atoms with Crippen LogP contribution in [0.4, 0.5) is 5.69 Å². The molecule has 1 aromatic heterocycles. The van der Waals surface area contributed by atoms with Gasteiger partial charge < -0.3 is 5.73 Å². The first kappa shape index (κ1) is 12.5. The summed E-state index contributed by atoms with van der Waals surface area (Å²) in [7, 11) is -3.53. The van der Waals surface area contributed by atoms with Gasteiger partial charge in [0.2, 0.25) is 0 Å². The van der Waals surface area contributed by atoms with E-state index in [9.17, 15) is 8.42 Å². The molecule has 0 aliphatic carbocycles. The Bertz CT molecular complexity index is 736. The van der Waals surface area contributed by atoms with Crippen molar-refractivity contribution in [1.82, 2.24) is 4.98 Å². The zero-order valence-electron chi connectivity index (χ0n) is 10.1. The number of sulfonamides is 1. The van der Waals surface area contributed by atoms with Gasteiger partial charge in [-0.05, 0) is 18.2 Å². The predicted octanol–water partition coefficient (Wildman–Crippen LogP) is 1.96. The summed E-state index contributed by atoms with van der Waals surface area (Å²) in [5, 5.41) is 0.643. The van der Waals surface area contributed by atoms with Crippen LogP contribution in [-0.4, -0.2) is 19.6 Å². The van der Waals surface area contributed by atoms with Gasteiger partial charge in [0, 0.05) is 29.0 Å². The van der Waals surface area contributed by atoms with E-state index in [-0.39, 0.29) is 4.90 Å². The normalized spacial score (nSPS) is 15.0.